The molecule has 0 aromatic heterocycles. The highest BCUT2D eigenvalue weighted by molar-refractivity contribution is 4.97. The Kier molecular flexibility index (Phi) is 6.96. The molecular formula is C17H36N2O. The summed E-state index contributed by atoms with van der Waals surface area (Å²) in [6, 6.07) is 0.565. The van der Waals surface area contributed by atoms with E-state index < -0.39 is 0 Å². The summed E-state index contributed by atoms with van der Waals surface area (Å²) in [5.74, 6) is 0. The van der Waals surface area contributed by atoms with Gasteiger partial charge in [-0.05, 0) is 38.1 Å². The first-order valence-corrected chi connectivity index (χ1v) is 8.39. The Hall–Kier alpha value is -0.120. The summed E-state index contributed by atoms with van der Waals surface area (Å²) in [6.07, 6.45) is 3.71. The van der Waals surface area contributed by atoms with Gasteiger partial charge in [0.05, 0.1) is 13.2 Å². The molecule has 1 rings (SSSR count). The van der Waals surface area contributed by atoms with E-state index >= 15 is 0 Å². The maximum atomic E-state index is 5.53. The van der Waals surface area contributed by atoms with Crippen LogP contribution in [-0.4, -0.2) is 49.3 Å². The molecule has 1 saturated heterocycles. The molecular weight excluding hydrogens is 248 g/mol. The summed E-state index contributed by atoms with van der Waals surface area (Å²) in [7, 11) is 0. The summed E-state index contributed by atoms with van der Waals surface area (Å²) in [4.78, 5) is 2.65. The molecule has 3 heteroatoms. The van der Waals surface area contributed by atoms with Crippen LogP contribution in [-0.2, 0) is 4.74 Å². The van der Waals surface area contributed by atoms with Crippen molar-refractivity contribution in [2.75, 3.05) is 32.8 Å². The molecule has 0 aromatic carbocycles. The van der Waals surface area contributed by atoms with E-state index in [1.54, 1.807) is 0 Å². The molecule has 1 N–H and O–H groups in total. The zero-order valence-electron chi connectivity index (χ0n) is 14.6. The average Bonchev–Trinajstić information content (AvgIpc) is 2.42. The Morgan fingerprint density at radius 1 is 1.10 bits per heavy atom. The lowest BCUT2D eigenvalue weighted by atomic mass is 9.80. The van der Waals surface area contributed by atoms with Crippen molar-refractivity contribution in [3.05, 3.63) is 0 Å². The lowest BCUT2D eigenvalue weighted by Gasteiger charge is -2.48. The van der Waals surface area contributed by atoms with Gasteiger partial charge in [-0.15, -0.1) is 0 Å². The minimum absolute atomic E-state index is 0.241. The molecule has 2 atom stereocenters. The van der Waals surface area contributed by atoms with E-state index in [-0.39, 0.29) is 5.54 Å². The van der Waals surface area contributed by atoms with Crippen LogP contribution in [0.4, 0.5) is 0 Å². The van der Waals surface area contributed by atoms with Crippen molar-refractivity contribution in [1.29, 1.82) is 0 Å². The monoisotopic (exact) mass is 284 g/mol. The fraction of sp³-hybridized carbons (Fsp3) is 1.00. The summed E-state index contributed by atoms with van der Waals surface area (Å²) in [5.41, 5.74) is 0.651. The third-order valence-electron chi connectivity index (χ3n) is 4.83. The molecule has 0 aromatic rings. The Bertz CT molecular complexity index is 269. The largest absolute Gasteiger partial charge is 0.379 e. The van der Waals surface area contributed by atoms with E-state index in [2.05, 4.69) is 51.8 Å². The highest BCUT2D eigenvalue weighted by Crippen LogP contribution is 2.31. The highest BCUT2D eigenvalue weighted by Gasteiger charge is 2.38. The number of nitrogens with one attached hydrogen (secondary N) is 1. The molecule has 0 saturated carbocycles. The first-order chi connectivity index (χ1) is 9.33. The lowest BCUT2D eigenvalue weighted by molar-refractivity contribution is -0.0343. The van der Waals surface area contributed by atoms with E-state index in [4.69, 9.17) is 4.74 Å². The fourth-order valence-corrected chi connectivity index (χ4v) is 3.22. The van der Waals surface area contributed by atoms with Gasteiger partial charge in [0.2, 0.25) is 0 Å². The Morgan fingerprint density at radius 3 is 2.15 bits per heavy atom. The molecule has 0 spiro atoms. The number of nitrogens with zero attached hydrogens (tertiary/aromatic N) is 1. The van der Waals surface area contributed by atoms with Crippen LogP contribution in [0.25, 0.3) is 0 Å². The second-order valence-corrected chi connectivity index (χ2v) is 7.52. The predicted molar refractivity (Wildman–Crippen MR) is 87.2 cm³/mol. The van der Waals surface area contributed by atoms with Crippen LogP contribution in [0.2, 0.25) is 0 Å². The predicted octanol–water partition coefficient (Wildman–Crippen LogP) is 3.29. The van der Waals surface area contributed by atoms with Gasteiger partial charge in [0, 0.05) is 24.7 Å². The maximum absolute atomic E-state index is 5.53. The normalized spacial score (nSPS) is 22.5. The van der Waals surface area contributed by atoms with Crippen molar-refractivity contribution in [3.8, 4) is 0 Å². The summed E-state index contributed by atoms with van der Waals surface area (Å²) < 4.78 is 5.53. The standard InChI is InChI=1S/C17H36N2O/c1-7-17(6,19-11-13-20-14-12-19)15(18-8-2)9-10-16(3,4)5/h15,18H,7-14H2,1-6H3. The number of rotatable bonds is 7. The van der Waals surface area contributed by atoms with Crippen LogP contribution < -0.4 is 5.32 Å². The Balaban J connectivity index is 2.77. The van der Waals surface area contributed by atoms with E-state index in [1.807, 2.05) is 0 Å². The second kappa shape index (κ2) is 7.77. The van der Waals surface area contributed by atoms with Crippen molar-refractivity contribution in [3.63, 3.8) is 0 Å². The maximum Gasteiger partial charge on any atom is 0.0594 e. The van der Waals surface area contributed by atoms with Crippen molar-refractivity contribution in [1.82, 2.24) is 10.2 Å². The average molecular weight is 284 g/mol. The number of likely N-dealkylation sites (N-methyl/N-ethyl adjacent to an activating group) is 1. The summed E-state index contributed by atoms with van der Waals surface area (Å²) >= 11 is 0. The Labute approximate surface area is 126 Å². The Morgan fingerprint density at radius 2 is 1.70 bits per heavy atom. The lowest BCUT2D eigenvalue weighted by Crippen LogP contribution is -2.61. The van der Waals surface area contributed by atoms with Gasteiger partial charge in [-0.1, -0.05) is 34.6 Å². The van der Waals surface area contributed by atoms with Gasteiger partial charge >= 0.3 is 0 Å². The first kappa shape index (κ1) is 17.9. The second-order valence-electron chi connectivity index (χ2n) is 7.52. The first-order valence-electron chi connectivity index (χ1n) is 8.39. The van der Waals surface area contributed by atoms with E-state index in [9.17, 15) is 0 Å². The van der Waals surface area contributed by atoms with Gasteiger partial charge in [-0.25, -0.2) is 0 Å². The summed E-state index contributed by atoms with van der Waals surface area (Å²) in [5, 5.41) is 3.76. The smallest absolute Gasteiger partial charge is 0.0594 e. The molecule has 1 aliphatic heterocycles. The van der Waals surface area contributed by atoms with Crippen LogP contribution in [0.15, 0.2) is 0 Å². The van der Waals surface area contributed by atoms with Crippen molar-refractivity contribution >= 4 is 0 Å². The quantitative estimate of drug-likeness (QED) is 0.776. The SMILES string of the molecule is CCNC(CCC(C)(C)C)C(C)(CC)N1CCOCC1. The molecule has 0 aliphatic carbocycles. The molecule has 3 nitrogen and oxygen atoms in total. The summed E-state index contributed by atoms with van der Waals surface area (Å²) in [6.45, 7) is 19.0. The number of hydrogen-bond donors (Lipinski definition) is 1. The highest BCUT2D eigenvalue weighted by atomic mass is 16.5. The van der Waals surface area contributed by atoms with Gasteiger partial charge in [-0.3, -0.25) is 4.90 Å². The van der Waals surface area contributed by atoms with Gasteiger partial charge in [-0.2, -0.15) is 0 Å². The van der Waals surface area contributed by atoms with Crippen LogP contribution in [0, 0.1) is 5.41 Å². The number of morpholine rings is 1. The van der Waals surface area contributed by atoms with Crippen LogP contribution in [0.5, 0.6) is 0 Å². The molecule has 2 unspecified atom stereocenters. The zero-order chi connectivity index (χ0) is 15.2. The fourth-order valence-electron chi connectivity index (χ4n) is 3.22. The molecule has 120 valence electrons. The third kappa shape index (κ3) is 5.01. The molecule has 1 fully saturated rings. The third-order valence-corrected chi connectivity index (χ3v) is 4.83. The van der Waals surface area contributed by atoms with Gasteiger partial charge < -0.3 is 10.1 Å². The molecule has 1 aliphatic rings. The molecule has 0 bridgehead atoms. The molecule has 20 heavy (non-hydrogen) atoms. The topological polar surface area (TPSA) is 24.5 Å². The van der Waals surface area contributed by atoms with Gasteiger partial charge in [0.1, 0.15) is 0 Å². The van der Waals surface area contributed by atoms with Crippen molar-refractivity contribution in [2.45, 2.75) is 72.4 Å². The van der Waals surface area contributed by atoms with Crippen LogP contribution in [0.3, 0.4) is 0 Å². The van der Waals surface area contributed by atoms with Crippen molar-refractivity contribution in [2.24, 2.45) is 5.41 Å². The number of hydrogen-bond acceptors (Lipinski definition) is 3. The van der Waals surface area contributed by atoms with E-state index in [1.165, 1.54) is 19.3 Å². The van der Waals surface area contributed by atoms with Crippen LogP contribution >= 0.6 is 0 Å². The minimum atomic E-state index is 0.241. The molecule has 1 heterocycles. The molecule has 0 radical (unpaired) electrons. The van der Waals surface area contributed by atoms with Crippen molar-refractivity contribution < 1.29 is 4.74 Å². The van der Waals surface area contributed by atoms with E-state index in [0.717, 1.165) is 32.8 Å². The van der Waals surface area contributed by atoms with Gasteiger partial charge in [0.15, 0.2) is 0 Å². The zero-order valence-corrected chi connectivity index (χ0v) is 14.6. The molecule has 0 amide bonds. The minimum Gasteiger partial charge on any atom is -0.379 e. The van der Waals surface area contributed by atoms with E-state index in [0.29, 0.717) is 11.5 Å². The van der Waals surface area contributed by atoms with Gasteiger partial charge in [0.25, 0.3) is 0 Å². The van der Waals surface area contributed by atoms with Crippen LogP contribution in [0.1, 0.15) is 60.8 Å². The number of ether oxygens (including phenoxy) is 1.